The second kappa shape index (κ2) is 5.88. The van der Waals surface area contributed by atoms with Crippen molar-refractivity contribution in [3.05, 3.63) is 48.0 Å². The van der Waals surface area contributed by atoms with Gasteiger partial charge in [-0.1, -0.05) is 6.07 Å². The highest BCUT2D eigenvalue weighted by Crippen LogP contribution is 2.34. The molecule has 0 aromatic heterocycles. The van der Waals surface area contributed by atoms with E-state index in [4.69, 9.17) is 9.47 Å². The van der Waals surface area contributed by atoms with Gasteiger partial charge in [-0.2, -0.15) is 0 Å². The largest absolute Gasteiger partial charge is 0.454 e. The number of rotatable bonds is 4. The number of carbonyl (C=O) groups excluding carboxylic acids is 2. The molecule has 1 saturated carbocycles. The fourth-order valence-corrected chi connectivity index (χ4v) is 2.51. The van der Waals surface area contributed by atoms with Crippen molar-refractivity contribution in [2.75, 3.05) is 17.4 Å². The highest BCUT2D eigenvalue weighted by molar-refractivity contribution is 6.05. The molecule has 1 heterocycles. The molecule has 6 nitrogen and oxygen atoms in total. The Bertz CT molecular complexity index is 814. The van der Waals surface area contributed by atoms with E-state index in [2.05, 4.69) is 10.6 Å². The van der Waals surface area contributed by atoms with Crippen LogP contribution in [0.25, 0.3) is 0 Å². The van der Waals surface area contributed by atoms with Crippen LogP contribution >= 0.6 is 0 Å². The highest BCUT2D eigenvalue weighted by Gasteiger charge is 2.29. The Kier molecular flexibility index (Phi) is 3.57. The summed E-state index contributed by atoms with van der Waals surface area (Å²) >= 11 is 0. The summed E-state index contributed by atoms with van der Waals surface area (Å²) in [7, 11) is 0. The molecular weight excluding hydrogens is 308 g/mol. The monoisotopic (exact) mass is 324 g/mol. The van der Waals surface area contributed by atoms with E-state index in [0.717, 1.165) is 12.8 Å². The van der Waals surface area contributed by atoms with Crippen LogP contribution in [0.4, 0.5) is 11.4 Å². The summed E-state index contributed by atoms with van der Waals surface area (Å²) in [6, 6.07) is 12.1. The predicted molar refractivity (Wildman–Crippen MR) is 88.3 cm³/mol. The predicted octanol–water partition coefficient (Wildman–Crippen LogP) is 3.02. The van der Waals surface area contributed by atoms with E-state index in [0.29, 0.717) is 28.4 Å². The van der Waals surface area contributed by atoms with Crippen molar-refractivity contribution < 1.29 is 19.1 Å². The summed E-state index contributed by atoms with van der Waals surface area (Å²) in [4.78, 5) is 24.2. The molecular formula is C18H16N2O4. The van der Waals surface area contributed by atoms with Gasteiger partial charge < -0.3 is 20.1 Å². The fourth-order valence-electron chi connectivity index (χ4n) is 2.51. The zero-order valence-electron chi connectivity index (χ0n) is 12.9. The van der Waals surface area contributed by atoms with E-state index in [1.165, 1.54) is 0 Å². The molecule has 0 atom stereocenters. The Hall–Kier alpha value is -3.02. The van der Waals surface area contributed by atoms with Crippen LogP contribution in [0.3, 0.4) is 0 Å². The number of fused-ring (bicyclic) bond motifs is 1. The zero-order valence-corrected chi connectivity index (χ0v) is 12.9. The lowest BCUT2D eigenvalue weighted by Crippen LogP contribution is -2.15. The van der Waals surface area contributed by atoms with Gasteiger partial charge in [-0.25, -0.2) is 0 Å². The fraction of sp³-hybridized carbons (Fsp3) is 0.222. The average molecular weight is 324 g/mol. The topological polar surface area (TPSA) is 76.7 Å². The van der Waals surface area contributed by atoms with Gasteiger partial charge in [-0.15, -0.1) is 0 Å². The van der Waals surface area contributed by atoms with Crippen molar-refractivity contribution in [1.82, 2.24) is 0 Å². The zero-order chi connectivity index (χ0) is 16.5. The minimum Gasteiger partial charge on any atom is -0.454 e. The lowest BCUT2D eigenvalue weighted by molar-refractivity contribution is -0.117. The van der Waals surface area contributed by atoms with Crippen molar-refractivity contribution in [3.8, 4) is 11.5 Å². The van der Waals surface area contributed by atoms with E-state index in [1.54, 1.807) is 42.5 Å². The first-order chi connectivity index (χ1) is 11.7. The van der Waals surface area contributed by atoms with Crippen LogP contribution in [-0.2, 0) is 4.79 Å². The van der Waals surface area contributed by atoms with E-state index >= 15 is 0 Å². The lowest BCUT2D eigenvalue weighted by atomic mass is 10.1. The number of hydrogen-bond donors (Lipinski definition) is 2. The van der Waals surface area contributed by atoms with Crippen LogP contribution in [0, 0.1) is 5.92 Å². The number of ether oxygens (including phenoxy) is 2. The minimum atomic E-state index is -0.253. The summed E-state index contributed by atoms with van der Waals surface area (Å²) in [6.45, 7) is 0.190. The summed E-state index contributed by atoms with van der Waals surface area (Å²) in [6.07, 6.45) is 1.88. The molecule has 1 fully saturated rings. The average Bonchev–Trinajstić information content (AvgIpc) is 3.34. The SMILES string of the molecule is O=C(Nc1ccc2c(c1)OCO2)c1cccc(NC(=O)C2CC2)c1. The molecule has 0 unspecified atom stereocenters. The van der Waals surface area contributed by atoms with Gasteiger partial charge in [0.1, 0.15) is 0 Å². The second-order valence-corrected chi connectivity index (χ2v) is 5.87. The Morgan fingerprint density at radius 1 is 0.917 bits per heavy atom. The molecule has 0 spiro atoms. The van der Waals surface area contributed by atoms with Crippen LogP contribution in [0.1, 0.15) is 23.2 Å². The molecule has 2 N–H and O–H groups in total. The first-order valence-electron chi connectivity index (χ1n) is 7.81. The minimum absolute atomic E-state index is 0.0170. The van der Waals surface area contributed by atoms with Crippen LogP contribution in [-0.4, -0.2) is 18.6 Å². The third kappa shape index (κ3) is 3.03. The lowest BCUT2D eigenvalue weighted by Gasteiger charge is -2.08. The van der Waals surface area contributed by atoms with Crippen molar-refractivity contribution >= 4 is 23.2 Å². The van der Waals surface area contributed by atoms with Crippen molar-refractivity contribution in [2.45, 2.75) is 12.8 Å². The maximum absolute atomic E-state index is 12.4. The van der Waals surface area contributed by atoms with Gasteiger partial charge in [0.2, 0.25) is 12.7 Å². The molecule has 1 aliphatic carbocycles. The number of benzene rings is 2. The normalized spacial score (nSPS) is 15.0. The van der Waals surface area contributed by atoms with E-state index in [-0.39, 0.29) is 24.5 Å². The molecule has 2 aromatic rings. The maximum atomic E-state index is 12.4. The summed E-state index contributed by atoms with van der Waals surface area (Å²) in [5, 5.41) is 5.66. The molecule has 2 aromatic carbocycles. The standard InChI is InChI=1S/C18H16N2O4/c21-17(11-4-5-11)19-13-3-1-2-12(8-13)18(22)20-14-6-7-15-16(9-14)24-10-23-15/h1-3,6-9,11H,4-5,10H2,(H,19,21)(H,20,22). The second-order valence-electron chi connectivity index (χ2n) is 5.87. The number of hydrogen-bond acceptors (Lipinski definition) is 4. The molecule has 122 valence electrons. The van der Waals surface area contributed by atoms with Crippen LogP contribution < -0.4 is 20.1 Å². The smallest absolute Gasteiger partial charge is 0.255 e. The van der Waals surface area contributed by atoms with Gasteiger partial charge in [0, 0.05) is 28.9 Å². The highest BCUT2D eigenvalue weighted by atomic mass is 16.7. The summed E-state index contributed by atoms with van der Waals surface area (Å²) in [5.74, 6) is 1.16. The number of amides is 2. The Balaban J connectivity index is 1.46. The molecule has 1 aliphatic heterocycles. The van der Waals surface area contributed by atoms with E-state index < -0.39 is 0 Å². The van der Waals surface area contributed by atoms with Gasteiger partial charge in [0.25, 0.3) is 5.91 Å². The van der Waals surface area contributed by atoms with Crippen LogP contribution in [0.2, 0.25) is 0 Å². The van der Waals surface area contributed by atoms with Crippen molar-refractivity contribution in [2.24, 2.45) is 5.92 Å². The third-order valence-corrected chi connectivity index (χ3v) is 3.97. The van der Waals surface area contributed by atoms with E-state index in [1.807, 2.05) is 0 Å². The van der Waals surface area contributed by atoms with Gasteiger partial charge in [0.05, 0.1) is 0 Å². The molecule has 4 rings (SSSR count). The Morgan fingerprint density at radius 3 is 2.54 bits per heavy atom. The van der Waals surface area contributed by atoms with E-state index in [9.17, 15) is 9.59 Å². The molecule has 6 heteroatoms. The van der Waals surface area contributed by atoms with Crippen molar-refractivity contribution in [3.63, 3.8) is 0 Å². The Labute approximate surface area is 138 Å². The maximum Gasteiger partial charge on any atom is 0.255 e. The van der Waals surface area contributed by atoms with Crippen molar-refractivity contribution in [1.29, 1.82) is 0 Å². The summed E-state index contributed by atoms with van der Waals surface area (Å²) < 4.78 is 10.5. The molecule has 0 saturated heterocycles. The first kappa shape index (κ1) is 14.6. The molecule has 0 radical (unpaired) electrons. The number of carbonyl (C=O) groups is 2. The molecule has 0 bridgehead atoms. The Morgan fingerprint density at radius 2 is 1.71 bits per heavy atom. The van der Waals surface area contributed by atoms with Gasteiger partial charge in [-0.05, 0) is 43.2 Å². The summed E-state index contributed by atoms with van der Waals surface area (Å²) in [5.41, 5.74) is 1.73. The molecule has 24 heavy (non-hydrogen) atoms. The molecule has 2 aliphatic rings. The quantitative estimate of drug-likeness (QED) is 0.906. The van der Waals surface area contributed by atoms with Gasteiger partial charge in [-0.3, -0.25) is 9.59 Å². The number of anilines is 2. The molecule has 2 amide bonds. The third-order valence-electron chi connectivity index (χ3n) is 3.97. The van der Waals surface area contributed by atoms with Crippen LogP contribution in [0.5, 0.6) is 11.5 Å². The van der Waals surface area contributed by atoms with Gasteiger partial charge >= 0.3 is 0 Å². The van der Waals surface area contributed by atoms with Crippen LogP contribution in [0.15, 0.2) is 42.5 Å². The number of nitrogens with one attached hydrogen (secondary N) is 2. The first-order valence-corrected chi connectivity index (χ1v) is 7.81. The van der Waals surface area contributed by atoms with Gasteiger partial charge in [0.15, 0.2) is 11.5 Å².